The number of thioether (sulfide) groups is 1. The second-order valence-corrected chi connectivity index (χ2v) is 6.10. The van der Waals surface area contributed by atoms with Crippen molar-refractivity contribution in [2.45, 2.75) is 44.6 Å². The number of nitrogens with zero attached hydrogens (tertiary/aromatic N) is 2. The van der Waals surface area contributed by atoms with Gasteiger partial charge in [0.05, 0.1) is 0 Å². The van der Waals surface area contributed by atoms with Crippen LogP contribution >= 0.6 is 11.8 Å². The van der Waals surface area contributed by atoms with Crippen LogP contribution in [0, 0.1) is 12.8 Å². The first-order valence-corrected chi connectivity index (χ1v) is 7.29. The van der Waals surface area contributed by atoms with Gasteiger partial charge >= 0.3 is 0 Å². The van der Waals surface area contributed by atoms with Crippen LogP contribution in [0.3, 0.4) is 0 Å². The topological polar surface area (TPSA) is 37.8 Å². The Kier molecular flexibility index (Phi) is 3.92. The van der Waals surface area contributed by atoms with Crippen molar-refractivity contribution in [3.8, 4) is 0 Å². The van der Waals surface area contributed by atoms with Crippen LogP contribution in [0.4, 0.5) is 5.82 Å². The predicted molar refractivity (Wildman–Crippen MR) is 73.9 cm³/mol. The van der Waals surface area contributed by atoms with Crippen molar-refractivity contribution in [3.05, 3.63) is 11.4 Å². The van der Waals surface area contributed by atoms with Crippen LogP contribution in [0.2, 0.25) is 0 Å². The standard InChI is InChI=1S/C13H21N3S/c1-8(2)7-17-13-9(3)11(14-4)15-12(16-13)10-5-6-10/h8,10H,5-7H2,1-4H3,(H,14,15,16). The van der Waals surface area contributed by atoms with E-state index in [9.17, 15) is 0 Å². The molecule has 1 saturated carbocycles. The zero-order valence-electron chi connectivity index (χ0n) is 11.1. The third kappa shape index (κ3) is 3.12. The number of anilines is 1. The molecule has 1 aliphatic rings. The zero-order valence-corrected chi connectivity index (χ0v) is 11.9. The van der Waals surface area contributed by atoms with Crippen molar-refractivity contribution in [1.29, 1.82) is 0 Å². The highest BCUT2D eigenvalue weighted by molar-refractivity contribution is 7.99. The maximum Gasteiger partial charge on any atom is 0.135 e. The smallest absolute Gasteiger partial charge is 0.135 e. The summed E-state index contributed by atoms with van der Waals surface area (Å²) in [5.74, 6) is 4.45. The van der Waals surface area contributed by atoms with E-state index >= 15 is 0 Å². The van der Waals surface area contributed by atoms with Crippen molar-refractivity contribution in [2.75, 3.05) is 18.1 Å². The Morgan fingerprint density at radius 3 is 2.59 bits per heavy atom. The predicted octanol–water partition coefficient (Wildman–Crippen LogP) is 3.45. The minimum absolute atomic E-state index is 0.612. The molecule has 4 heteroatoms. The second kappa shape index (κ2) is 5.25. The molecule has 0 aliphatic heterocycles. The maximum atomic E-state index is 4.73. The van der Waals surface area contributed by atoms with E-state index in [2.05, 4.69) is 31.1 Å². The fourth-order valence-electron chi connectivity index (χ4n) is 1.67. The highest BCUT2D eigenvalue weighted by atomic mass is 32.2. The molecule has 94 valence electrons. The molecule has 1 aromatic heterocycles. The lowest BCUT2D eigenvalue weighted by molar-refractivity contribution is 0.748. The number of hydrogen-bond donors (Lipinski definition) is 1. The molecule has 3 nitrogen and oxygen atoms in total. The molecular weight excluding hydrogens is 230 g/mol. The summed E-state index contributed by atoms with van der Waals surface area (Å²) in [5.41, 5.74) is 1.18. The van der Waals surface area contributed by atoms with Crippen molar-refractivity contribution >= 4 is 17.6 Å². The minimum atomic E-state index is 0.612. The van der Waals surface area contributed by atoms with E-state index in [1.807, 2.05) is 18.8 Å². The van der Waals surface area contributed by atoms with E-state index in [-0.39, 0.29) is 0 Å². The molecular formula is C13H21N3S. The lowest BCUT2D eigenvalue weighted by Crippen LogP contribution is -2.05. The van der Waals surface area contributed by atoms with Crippen molar-refractivity contribution in [3.63, 3.8) is 0 Å². The van der Waals surface area contributed by atoms with E-state index in [1.165, 1.54) is 18.4 Å². The molecule has 0 amide bonds. The Balaban J connectivity index is 2.24. The molecule has 0 bridgehead atoms. The fourth-order valence-corrected chi connectivity index (χ4v) is 2.63. The third-order valence-electron chi connectivity index (χ3n) is 2.85. The van der Waals surface area contributed by atoms with Crippen molar-refractivity contribution in [1.82, 2.24) is 9.97 Å². The van der Waals surface area contributed by atoms with Crippen LogP contribution in [-0.2, 0) is 0 Å². The van der Waals surface area contributed by atoms with Gasteiger partial charge in [0, 0.05) is 24.3 Å². The molecule has 1 aromatic rings. The minimum Gasteiger partial charge on any atom is -0.373 e. The average Bonchev–Trinajstić information content (AvgIpc) is 3.11. The van der Waals surface area contributed by atoms with Gasteiger partial charge < -0.3 is 5.32 Å². The van der Waals surface area contributed by atoms with Gasteiger partial charge in [-0.2, -0.15) is 0 Å². The Hall–Kier alpha value is -0.770. The molecule has 0 unspecified atom stereocenters. The van der Waals surface area contributed by atoms with Gasteiger partial charge in [0.25, 0.3) is 0 Å². The quantitative estimate of drug-likeness (QED) is 0.642. The van der Waals surface area contributed by atoms with Crippen LogP contribution in [0.5, 0.6) is 0 Å². The summed E-state index contributed by atoms with van der Waals surface area (Å²) in [6.07, 6.45) is 2.50. The van der Waals surface area contributed by atoms with Gasteiger partial charge in [-0.3, -0.25) is 0 Å². The molecule has 0 aromatic carbocycles. The Morgan fingerprint density at radius 2 is 2.06 bits per heavy atom. The number of hydrogen-bond acceptors (Lipinski definition) is 4. The molecule has 0 saturated heterocycles. The summed E-state index contributed by atoms with van der Waals surface area (Å²) >= 11 is 1.85. The van der Waals surface area contributed by atoms with E-state index < -0.39 is 0 Å². The van der Waals surface area contributed by atoms with Gasteiger partial charge in [0.1, 0.15) is 16.7 Å². The summed E-state index contributed by atoms with van der Waals surface area (Å²) < 4.78 is 0. The van der Waals surface area contributed by atoms with Gasteiger partial charge in [-0.15, -0.1) is 11.8 Å². The lowest BCUT2D eigenvalue weighted by Gasteiger charge is -2.12. The Morgan fingerprint density at radius 1 is 1.35 bits per heavy atom. The van der Waals surface area contributed by atoms with E-state index in [1.54, 1.807) is 0 Å². The molecule has 0 radical (unpaired) electrons. The van der Waals surface area contributed by atoms with Crippen LogP contribution in [0.1, 0.15) is 44.0 Å². The molecule has 0 spiro atoms. The van der Waals surface area contributed by atoms with Gasteiger partial charge in [0.2, 0.25) is 0 Å². The first-order chi connectivity index (χ1) is 8.11. The van der Waals surface area contributed by atoms with Gasteiger partial charge in [-0.1, -0.05) is 13.8 Å². The third-order valence-corrected chi connectivity index (χ3v) is 4.36. The molecule has 1 aliphatic carbocycles. The Bertz CT molecular complexity index is 400. The molecule has 0 atom stereocenters. The molecule has 17 heavy (non-hydrogen) atoms. The summed E-state index contributed by atoms with van der Waals surface area (Å²) in [7, 11) is 1.93. The molecule has 1 fully saturated rings. The van der Waals surface area contributed by atoms with Gasteiger partial charge in [-0.05, 0) is 25.7 Å². The normalized spacial score (nSPS) is 15.4. The largest absolute Gasteiger partial charge is 0.373 e. The van der Waals surface area contributed by atoms with E-state index in [4.69, 9.17) is 4.98 Å². The van der Waals surface area contributed by atoms with Crippen LogP contribution in [-0.4, -0.2) is 22.8 Å². The number of aromatic nitrogens is 2. The van der Waals surface area contributed by atoms with E-state index in [0.29, 0.717) is 11.8 Å². The number of nitrogens with one attached hydrogen (secondary N) is 1. The highest BCUT2D eigenvalue weighted by Gasteiger charge is 2.28. The number of rotatable bonds is 5. The zero-order chi connectivity index (χ0) is 12.4. The summed E-state index contributed by atoms with van der Waals surface area (Å²) in [5, 5.41) is 4.33. The summed E-state index contributed by atoms with van der Waals surface area (Å²) in [4.78, 5) is 9.33. The monoisotopic (exact) mass is 251 g/mol. The van der Waals surface area contributed by atoms with E-state index in [0.717, 1.165) is 22.4 Å². The van der Waals surface area contributed by atoms with Crippen LogP contribution in [0.15, 0.2) is 5.03 Å². The van der Waals surface area contributed by atoms with Gasteiger partial charge in [0.15, 0.2) is 0 Å². The fraction of sp³-hybridized carbons (Fsp3) is 0.692. The SMILES string of the molecule is CNc1nc(C2CC2)nc(SCC(C)C)c1C. The first kappa shape index (κ1) is 12.7. The summed E-state index contributed by atoms with van der Waals surface area (Å²) in [6.45, 7) is 6.58. The highest BCUT2D eigenvalue weighted by Crippen LogP contribution is 2.40. The second-order valence-electron chi connectivity index (χ2n) is 5.09. The first-order valence-electron chi connectivity index (χ1n) is 6.31. The van der Waals surface area contributed by atoms with Crippen LogP contribution < -0.4 is 5.32 Å². The van der Waals surface area contributed by atoms with Gasteiger partial charge in [-0.25, -0.2) is 9.97 Å². The average molecular weight is 251 g/mol. The van der Waals surface area contributed by atoms with Crippen molar-refractivity contribution in [2.24, 2.45) is 5.92 Å². The van der Waals surface area contributed by atoms with Crippen molar-refractivity contribution < 1.29 is 0 Å². The molecule has 2 rings (SSSR count). The lowest BCUT2D eigenvalue weighted by atomic mass is 10.3. The molecule has 1 N–H and O–H groups in total. The molecule has 1 heterocycles. The maximum absolute atomic E-state index is 4.73. The van der Waals surface area contributed by atoms with Crippen LogP contribution in [0.25, 0.3) is 0 Å². The summed E-state index contributed by atoms with van der Waals surface area (Å²) in [6, 6.07) is 0. The Labute approximate surface area is 108 Å².